The van der Waals surface area contributed by atoms with Crippen LogP contribution >= 0.6 is 0 Å². The third-order valence-electron chi connectivity index (χ3n) is 1.90. The van der Waals surface area contributed by atoms with Gasteiger partial charge in [0.2, 0.25) is 5.91 Å². The first-order chi connectivity index (χ1) is 6.43. The Morgan fingerprint density at radius 2 is 1.93 bits per heavy atom. The van der Waals surface area contributed by atoms with Crippen molar-refractivity contribution in [3.05, 3.63) is 0 Å². The van der Waals surface area contributed by atoms with Crippen LogP contribution in [0.5, 0.6) is 0 Å². The number of likely N-dealkylation sites (N-methyl/N-ethyl adjacent to an activating group) is 1. The zero-order valence-electron chi connectivity index (χ0n) is 9.46. The van der Waals surface area contributed by atoms with Crippen LogP contribution in [-0.4, -0.2) is 43.8 Å². The van der Waals surface area contributed by atoms with Crippen molar-refractivity contribution in [2.75, 3.05) is 27.2 Å². The maximum Gasteiger partial charge on any atom is 0.223 e. The molecule has 0 aromatic heterocycles. The lowest BCUT2D eigenvalue weighted by Gasteiger charge is -2.13. The molecule has 0 radical (unpaired) electrons. The molecule has 0 saturated carbocycles. The summed E-state index contributed by atoms with van der Waals surface area (Å²) >= 11 is 0. The molecule has 0 aliphatic heterocycles. The van der Waals surface area contributed by atoms with E-state index in [2.05, 4.69) is 5.32 Å². The molecule has 0 spiro atoms. The normalized spacial score (nSPS) is 12.6. The van der Waals surface area contributed by atoms with Gasteiger partial charge in [0, 0.05) is 25.4 Å². The second-order valence-electron chi connectivity index (χ2n) is 3.90. The van der Waals surface area contributed by atoms with Gasteiger partial charge in [-0.15, -0.1) is 0 Å². The van der Waals surface area contributed by atoms with Crippen molar-refractivity contribution in [1.82, 2.24) is 10.2 Å². The highest BCUT2D eigenvalue weighted by atomic mass is 16.2. The maximum absolute atomic E-state index is 11.4. The Labute approximate surface area is 85.7 Å². The fraction of sp³-hybridized carbons (Fsp3) is 0.800. The van der Waals surface area contributed by atoms with E-state index >= 15 is 0 Å². The van der Waals surface area contributed by atoms with Gasteiger partial charge in [-0.3, -0.25) is 4.79 Å². The van der Waals surface area contributed by atoms with Gasteiger partial charge in [-0.25, -0.2) is 0 Å². The Morgan fingerprint density at radius 1 is 1.36 bits per heavy atom. The lowest BCUT2D eigenvalue weighted by Crippen LogP contribution is -2.35. The molecule has 0 aromatic carbocycles. The summed E-state index contributed by atoms with van der Waals surface area (Å²) in [5, 5.41) is 2.79. The van der Waals surface area contributed by atoms with Gasteiger partial charge in [0.25, 0.3) is 0 Å². The van der Waals surface area contributed by atoms with Gasteiger partial charge < -0.3 is 15.0 Å². The molecule has 0 aliphatic carbocycles. The van der Waals surface area contributed by atoms with Gasteiger partial charge in [-0.1, -0.05) is 6.92 Å². The van der Waals surface area contributed by atoms with Crippen LogP contribution in [0.1, 0.15) is 20.3 Å². The Bertz CT molecular complexity index is 202. The summed E-state index contributed by atoms with van der Waals surface area (Å²) in [6, 6.07) is 0. The molecule has 0 aliphatic rings. The van der Waals surface area contributed by atoms with E-state index in [9.17, 15) is 9.59 Å². The molecule has 0 rings (SSSR count). The van der Waals surface area contributed by atoms with Crippen LogP contribution in [0.4, 0.5) is 0 Å². The SMILES string of the molecule is CC(=O)CC(C)C(=O)NCCN(C)C. The van der Waals surface area contributed by atoms with E-state index in [-0.39, 0.29) is 17.6 Å². The Hall–Kier alpha value is -0.900. The summed E-state index contributed by atoms with van der Waals surface area (Å²) in [7, 11) is 3.90. The van der Waals surface area contributed by atoms with Crippen LogP contribution in [0.2, 0.25) is 0 Å². The topological polar surface area (TPSA) is 49.4 Å². The van der Waals surface area contributed by atoms with Crippen LogP contribution in [0.25, 0.3) is 0 Å². The van der Waals surface area contributed by atoms with Gasteiger partial charge >= 0.3 is 0 Å². The molecule has 82 valence electrons. The van der Waals surface area contributed by atoms with E-state index in [0.717, 1.165) is 6.54 Å². The quantitative estimate of drug-likeness (QED) is 0.670. The third kappa shape index (κ3) is 6.60. The summed E-state index contributed by atoms with van der Waals surface area (Å²) in [4.78, 5) is 24.1. The summed E-state index contributed by atoms with van der Waals surface area (Å²) in [5.41, 5.74) is 0. The predicted molar refractivity (Wildman–Crippen MR) is 56.0 cm³/mol. The highest BCUT2D eigenvalue weighted by Gasteiger charge is 2.13. The van der Waals surface area contributed by atoms with Gasteiger partial charge in [-0.2, -0.15) is 0 Å². The first-order valence-corrected chi connectivity index (χ1v) is 4.85. The number of Topliss-reactive ketones (excluding diaryl/α,β-unsaturated/α-hetero) is 1. The maximum atomic E-state index is 11.4. The number of hydrogen-bond acceptors (Lipinski definition) is 3. The fourth-order valence-electron chi connectivity index (χ4n) is 1.10. The molecule has 0 saturated heterocycles. The van der Waals surface area contributed by atoms with E-state index in [4.69, 9.17) is 0 Å². The van der Waals surface area contributed by atoms with E-state index in [1.807, 2.05) is 19.0 Å². The molecule has 1 unspecified atom stereocenters. The molecular formula is C10H20N2O2. The molecule has 0 aromatic rings. The van der Waals surface area contributed by atoms with E-state index in [1.54, 1.807) is 6.92 Å². The molecule has 1 amide bonds. The number of hydrogen-bond donors (Lipinski definition) is 1. The minimum absolute atomic E-state index is 0.0398. The largest absolute Gasteiger partial charge is 0.355 e. The van der Waals surface area contributed by atoms with Gasteiger partial charge in [-0.05, 0) is 21.0 Å². The van der Waals surface area contributed by atoms with Gasteiger partial charge in [0.05, 0.1) is 0 Å². The minimum Gasteiger partial charge on any atom is -0.355 e. The number of rotatable bonds is 6. The van der Waals surface area contributed by atoms with Crippen LogP contribution in [0.3, 0.4) is 0 Å². The molecule has 14 heavy (non-hydrogen) atoms. The van der Waals surface area contributed by atoms with Crippen molar-refractivity contribution in [2.45, 2.75) is 20.3 Å². The third-order valence-corrected chi connectivity index (χ3v) is 1.90. The molecule has 1 atom stereocenters. The summed E-state index contributed by atoms with van der Waals surface area (Å²) in [6.07, 6.45) is 0.327. The molecule has 4 heteroatoms. The Kier molecular flexibility index (Phi) is 6.12. The molecule has 0 heterocycles. The summed E-state index contributed by atoms with van der Waals surface area (Å²) in [5.74, 6) is -0.197. The average Bonchev–Trinajstić information content (AvgIpc) is 2.01. The molecule has 1 N–H and O–H groups in total. The van der Waals surface area contributed by atoms with E-state index in [0.29, 0.717) is 13.0 Å². The fourth-order valence-corrected chi connectivity index (χ4v) is 1.10. The second-order valence-corrected chi connectivity index (χ2v) is 3.90. The average molecular weight is 200 g/mol. The number of carbonyl (C=O) groups excluding carboxylic acids is 2. The molecular weight excluding hydrogens is 180 g/mol. The van der Waals surface area contributed by atoms with Crippen LogP contribution < -0.4 is 5.32 Å². The first kappa shape index (κ1) is 13.1. The van der Waals surface area contributed by atoms with Crippen molar-refractivity contribution in [3.8, 4) is 0 Å². The van der Waals surface area contributed by atoms with Crippen molar-refractivity contribution in [3.63, 3.8) is 0 Å². The van der Waals surface area contributed by atoms with Gasteiger partial charge in [0.15, 0.2) is 0 Å². The van der Waals surface area contributed by atoms with Crippen molar-refractivity contribution < 1.29 is 9.59 Å². The van der Waals surface area contributed by atoms with Crippen LogP contribution in [0.15, 0.2) is 0 Å². The second kappa shape index (κ2) is 6.54. The molecule has 0 fully saturated rings. The zero-order valence-corrected chi connectivity index (χ0v) is 9.46. The number of nitrogens with zero attached hydrogens (tertiary/aromatic N) is 1. The Balaban J connectivity index is 3.67. The lowest BCUT2D eigenvalue weighted by atomic mass is 10.1. The number of amides is 1. The molecule has 4 nitrogen and oxygen atoms in total. The van der Waals surface area contributed by atoms with Gasteiger partial charge in [0.1, 0.15) is 5.78 Å². The number of ketones is 1. The zero-order chi connectivity index (χ0) is 11.1. The number of carbonyl (C=O) groups is 2. The van der Waals surface area contributed by atoms with Crippen molar-refractivity contribution in [2.24, 2.45) is 5.92 Å². The predicted octanol–water partition coefficient (Wildman–Crippen LogP) is 0.279. The van der Waals surface area contributed by atoms with Crippen LogP contribution in [0, 0.1) is 5.92 Å². The smallest absolute Gasteiger partial charge is 0.223 e. The summed E-state index contributed by atoms with van der Waals surface area (Å²) in [6.45, 7) is 4.72. The molecule has 0 bridgehead atoms. The van der Waals surface area contributed by atoms with Crippen molar-refractivity contribution in [1.29, 1.82) is 0 Å². The van der Waals surface area contributed by atoms with E-state index < -0.39 is 0 Å². The standard InChI is InChI=1S/C10H20N2O2/c1-8(7-9(2)13)10(14)11-5-6-12(3)4/h8H,5-7H2,1-4H3,(H,11,14). The minimum atomic E-state index is -0.213. The monoisotopic (exact) mass is 200 g/mol. The first-order valence-electron chi connectivity index (χ1n) is 4.85. The number of nitrogens with one attached hydrogen (secondary N) is 1. The lowest BCUT2D eigenvalue weighted by molar-refractivity contribution is -0.128. The summed E-state index contributed by atoms with van der Waals surface area (Å²) < 4.78 is 0. The Morgan fingerprint density at radius 3 is 2.36 bits per heavy atom. The van der Waals surface area contributed by atoms with Crippen LogP contribution in [-0.2, 0) is 9.59 Å². The highest BCUT2D eigenvalue weighted by Crippen LogP contribution is 2.01. The highest BCUT2D eigenvalue weighted by molar-refractivity contribution is 5.85. The van der Waals surface area contributed by atoms with Crippen molar-refractivity contribution >= 4 is 11.7 Å². The van der Waals surface area contributed by atoms with E-state index in [1.165, 1.54) is 6.92 Å².